The van der Waals surface area contributed by atoms with Gasteiger partial charge in [-0.3, -0.25) is 0 Å². The maximum absolute atomic E-state index is 3.74. The zero-order valence-corrected chi connectivity index (χ0v) is 9.31. The normalized spacial score (nSPS) is 11.2. The molecule has 0 aromatic carbocycles. The van der Waals surface area contributed by atoms with Crippen LogP contribution in [0.1, 0.15) is 52.4 Å². The predicted molar refractivity (Wildman–Crippen MR) is 61.9 cm³/mol. The first-order chi connectivity index (χ1) is 6.12. The molecule has 0 bridgehead atoms. The molecule has 0 aliphatic heterocycles. The molecule has 0 N–H and O–H groups in total. The van der Waals surface area contributed by atoms with Crippen LogP contribution in [0, 0.1) is 5.41 Å². The first kappa shape index (κ1) is 12.5. The van der Waals surface area contributed by atoms with Crippen LogP contribution in [0.4, 0.5) is 0 Å². The Morgan fingerprint density at radius 1 is 0.923 bits per heavy atom. The molecule has 0 amide bonds. The van der Waals surface area contributed by atoms with Gasteiger partial charge in [-0.1, -0.05) is 26.0 Å². The van der Waals surface area contributed by atoms with Crippen LogP contribution in [0.2, 0.25) is 0 Å². The molecule has 0 spiro atoms. The van der Waals surface area contributed by atoms with Gasteiger partial charge in [0.2, 0.25) is 0 Å². The standard InChI is InChI=1S/C13H24/c1-5-7-9-11-13(3,4)12-10-8-6-2/h5-6H,1-2,7-12H2,3-4H3. The molecule has 0 heterocycles. The Kier molecular flexibility index (Phi) is 6.66. The Labute approximate surface area is 83.7 Å². The van der Waals surface area contributed by atoms with Crippen LogP contribution >= 0.6 is 0 Å². The lowest BCUT2D eigenvalue weighted by Crippen LogP contribution is -2.10. The Balaban J connectivity index is 3.52. The minimum Gasteiger partial charge on any atom is -0.103 e. The van der Waals surface area contributed by atoms with Crippen molar-refractivity contribution in [3.05, 3.63) is 25.3 Å². The summed E-state index contributed by atoms with van der Waals surface area (Å²) in [7, 11) is 0. The molecule has 0 atom stereocenters. The largest absolute Gasteiger partial charge is 0.103 e. The van der Waals surface area contributed by atoms with Gasteiger partial charge in [-0.25, -0.2) is 0 Å². The second-order valence-corrected chi connectivity index (χ2v) is 4.53. The van der Waals surface area contributed by atoms with Crippen molar-refractivity contribution >= 4 is 0 Å². The average molecular weight is 180 g/mol. The third-order valence-electron chi connectivity index (χ3n) is 2.52. The van der Waals surface area contributed by atoms with E-state index in [0.717, 1.165) is 12.8 Å². The van der Waals surface area contributed by atoms with Crippen LogP contribution in [0.25, 0.3) is 0 Å². The van der Waals surface area contributed by atoms with Crippen LogP contribution in [0.15, 0.2) is 25.3 Å². The summed E-state index contributed by atoms with van der Waals surface area (Å²) >= 11 is 0. The summed E-state index contributed by atoms with van der Waals surface area (Å²) in [4.78, 5) is 0. The van der Waals surface area contributed by atoms with E-state index in [0.29, 0.717) is 5.41 Å². The Morgan fingerprint density at radius 2 is 1.31 bits per heavy atom. The second-order valence-electron chi connectivity index (χ2n) is 4.53. The smallest absolute Gasteiger partial charge is 0.0353 e. The molecular weight excluding hydrogens is 156 g/mol. The number of rotatable bonds is 8. The molecule has 0 fully saturated rings. The average Bonchev–Trinajstić information content (AvgIpc) is 2.05. The number of allylic oxidation sites excluding steroid dienone is 2. The third kappa shape index (κ3) is 7.83. The lowest BCUT2D eigenvalue weighted by atomic mass is 9.82. The number of hydrogen-bond donors (Lipinski definition) is 0. The summed E-state index contributed by atoms with van der Waals surface area (Å²) in [5.41, 5.74) is 0.506. The first-order valence-corrected chi connectivity index (χ1v) is 5.34. The van der Waals surface area contributed by atoms with Crippen molar-refractivity contribution in [1.29, 1.82) is 0 Å². The fourth-order valence-electron chi connectivity index (χ4n) is 1.57. The molecule has 0 rings (SSSR count). The lowest BCUT2D eigenvalue weighted by molar-refractivity contribution is 0.293. The van der Waals surface area contributed by atoms with Gasteiger partial charge >= 0.3 is 0 Å². The topological polar surface area (TPSA) is 0 Å². The molecule has 0 nitrogen and oxygen atoms in total. The van der Waals surface area contributed by atoms with Gasteiger partial charge in [0, 0.05) is 0 Å². The molecule has 0 saturated carbocycles. The van der Waals surface area contributed by atoms with Gasteiger partial charge in [0.15, 0.2) is 0 Å². The summed E-state index contributed by atoms with van der Waals surface area (Å²) in [6.07, 6.45) is 11.5. The molecule has 0 saturated heterocycles. The first-order valence-electron chi connectivity index (χ1n) is 5.34. The summed E-state index contributed by atoms with van der Waals surface area (Å²) in [6, 6.07) is 0. The van der Waals surface area contributed by atoms with E-state index in [9.17, 15) is 0 Å². The maximum Gasteiger partial charge on any atom is -0.0353 e. The minimum atomic E-state index is 0.506. The van der Waals surface area contributed by atoms with Gasteiger partial charge in [-0.05, 0) is 43.9 Å². The van der Waals surface area contributed by atoms with Crippen LogP contribution in [-0.2, 0) is 0 Å². The number of hydrogen-bond acceptors (Lipinski definition) is 0. The summed E-state index contributed by atoms with van der Waals surface area (Å²) in [6.45, 7) is 12.2. The molecule has 0 heteroatoms. The fourth-order valence-corrected chi connectivity index (χ4v) is 1.57. The molecule has 0 aliphatic carbocycles. The fraction of sp³-hybridized carbons (Fsp3) is 0.692. The van der Waals surface area contributed by atoms with Gasteiger partial charge in [-0.2, -0.15) is 0 Å². The van der Waals surface area contributed by atoms with Crippen molar-refractivity contribution < 1.29 is 0 Å². The van der Waals surface area contributed by atoms with Crippen LogP contribution in [0.3, 0.4) is 0 Å². The van der Waals surface area contributed by atoms with E-state index in [1.807, 2.05) is 12.2 Å². The molecule has 76 valence electrons. The molecule has 0 aromatic heterocycles. The van der Waals surface area contributed by atoms with Crippen LogP contribution in [-0.4, -0.2) is 0 Å². The van der Waals surface area contributed by atoms with Crippen molar-refractivity contribution in [3.63, 3.8) is 0 Å². The minimum absolute atomic E-state index is 0.506. The van der Waals surface area contributed by atoms with Crippen molar-refractivity contribution in [3.8, 4) is 0 Å². The Hall–Kier alpha value is -0.520. The highest BCUT2D eigenvalue weighted by atomic mass is 14.2. The van der Waals surface area contributed by atoms with E-state index in [2.05, 4.69) is 27.0 Å². The summed E-state index contributed by atoms with van der Waals surface area (Å²) in [5, 5.41) is 0. The van der Waals surface area contributed by atoms with Crippen LogP contribution in [0.5, 0.6) is 0 Å². The molecule has 0 aromatic rings. The molecule has 0 radical (unpaired) electrons. The molecule has 13 heavy (non-hydrogen) atoms. The molecule has 0 aliphatic rings. The summed E-state index contributed by atoms with van der Waals surface area (Å²) in [5.74, 6) is 0. The highest BCUT2D eigenvalue weighted by Crippen LogP contribution is 2.29. The van der Waals surface area contributed by atoms with Gasteiger partial charge < -0.3 is 0 Å². The van der Waals surface area contributed by atoms with Crippen molar-refractivity contribution in [2.75, 3.05) is 0 Å². The molecular formula is C13H24. The van der Waals surface area contributed by atoms with Crippen molar-refractivity contribution in [1.82, 2.24) is 0 Å². The van der Waals surface area contributed by atoms with E-state index in [1.165, 1.54) is 25.7 Å². The predicted octanol–water partition coefficient (Wildman–Crippen LogP) is 4.73. The third-order valence-corrected chi connectivity index (χ3v) is 2.52. The maximum atomic E-state index is 3.74. The highest BCUT2D eigenvalue weighted by Gasteiger charge is 2.15. The zero-order chi connectivity index (χ0) is 10.2. The highest BCUT2D eigenvalue weighted by molar-refractivity contribution is 4.74. The van der Waals surface area contributed by atoms with E-state index < -0.39 is 0 Å². The SMILES string of the molecule is C=CCCCC(C)(C)CCCC=C. The van der Waals surface area contributed by atoms with E-state index in [-0.39, 0.29) is 0 Å². The number of unbranched alkanes of at least 4 members (excludes halogenated alkanes) is 2. The monoisotopic (exact) mass is 180 g/mol. The second kappa shape index (κ2) is 6.94. The van der Waals surface area contributed by atoms with E-state index in [1.54, 1.807) is 0 Å². The van der Waals surface area contributed by atoms with Crippen molar-refractivity contribution in [2.45, 2.75) is 52.4 Å². The Morgan fingerprint density at radius 3 is 1.62 bits per heavy atom. The van der Waals surface area contributed by atoms with E-state index in [4.69, 9.17) is 0 Å². The molecule has 0 unspecified atom stereocenters. The Bertz CT molecular complexity index is 126. The van der Waals surface area contributed by atoms with Crippen LogP contribution < -0.4 is 0 Å². The zero-order valence-electron chi connectivity index (χ0n) is 9.31. The van der Waals surface area contributed by atoms with E-state index >= 15 is 0 Å². The van der Waals surface area contributed by atoms with Crippen molar-refractivity contribution in [2.24, 2.45) is 5.41 Å². The lowest BCUT2D eigenvalue weighted by Gasteiger charge is -2.24. The van der Waals surface area contributed by atoms with Gasteiger partial charge in [-0.15, -0.1) is 13.2 Å². The quantitative estimate of drug-likeness (QED) is 0.374. The van der Waals surface area contributed by atoms with Gasteiger partial charge in [0.25, 0.3) is 0 Å². The van der Waals surface area contributed by atoms with Gasteiger partial charge in [0.05, 0.1) is 0 Å². The summed E-state index contributed by atoms with van der Waals surface area (Å²) < 4.78 is 0. The van der Waals surface area contributed by atoms with Gasteiger partial charge in [0.1, 0.15) is 0 Å².